The van der Waals surface area contributed by atoms with Crippen molar-refractivity contribution >= 4 is 5.97 Å². The Morgan fingerprint density at radius 3 is 1.92 bits per heavy atom. The van der Waals surface area contributed by atoms with Crippen LogP contribution in [0.1, 0.15) is 26.5 Å². The number of hydrogen-bond acceptors (Lipinski definition) is 9. The predicted octanol–water partition coefficient (Wildman–Crippen LogP) is 5.26. The van der Waals surface area contributed by atoms with E-state index in [4.69, 9.17) is 18.9 Å². The average Bonchev–Trinajstić information content (AvgIpc) is 3.30. The van der Waals surface area contributed by atoms with Crippen molar-refractivity contribution in [1.82, 2.24) is 15.0 Å². The number of nitrogens with zero attached hydrogens (tertiary/aromatic N) is 3. The Hall–Kier alpha value is -3.79. The van der Waals surface area contributed by atoms with Gasteiger partial charge in [-0.1, -0.05) is 5.21 Å². The fraction of sp³-hybridized carbons (Fsp3) is 0.435. The van der Waals surface area contributed by atoms with E-state index in [-0.39, 0.29) is 51.5 Å². The summed E-state index contributed by atoms with van der Waals surface area (Å²) in [4.78, 5) is 11.8. The molecule has 0 aliphatic carbocycles. The molecule has 1 aromatic heterocycles. The number of hydrogen-bond donors (Lipinski definition) is 0. The highest BCUT2D eigenvalue weighted by Gasteiger charge is 2.23. The maximum absolute atomic E-state index is 13.1. The molecule has 0 amide bonds. The van der Waals surface area contributed by atoms with Crippen LogP contribution in [0, 0.1) is 5.41 Å². The second-order valence-electron chi connectivity index (χ2n) is 8.49. The van der Waals surface area contributed by atoms with Crippen LogP contribution >= 0.6 is 0 Å². The molecule has 0 aliphatic rings. The molecule has 0 fully saturated rings. The van der Waals surface area contributed by atoms with E-state index in [1.807, 2.05) is 0 Å². The van der Waals surface area contributed by atoms with Gasteiger partial charge in [-0.25, -0.2) is 4.68 Å². The van der Waals surface area contributed by atoms with Gasteiger partial charge in [0.15, 0.2) is 6.73 Å². The highest BCUT2D eigenvalue weighted by atomic mass is 19.3. The first kappa shape index (κ1) is 31.4. The van der Waals surface area contributed by atoms with Crippen LogP contribution in [0.3, 0.4) is 0 Å². The van der Waals surface area contributed by atoms with Gasteiger partial charge in [0.1, 0.15) is 29.5 Å². The maximum Gasteiger partial charge on any atom is 0.344 e. The van der Waals surface area contributed by atoms with Crippen LogP contribution < -0.4 is 14.2 Å². The standard InChI is InChI=1S/C23H25F6N3O7/c1-23(2,3)22(33)37-13-32-11-14(30-31-32)12-35-5-4-34-6-7-36-15-8-16(38-20(28)18(24)25)10-17(9-15)39-21(29)19(26)27/h8-11H,4-7,12-13H2,1-3H3. The minimum absolute atomic E-state index is 0.000701. The zero-order valence-electron chi connectivity index (χ0n) is 21.0. The van der Waals surface area contributed by atoms with Gasteiger partial charge in [0.05, 0.1) is 38.0 Å². The highest BCUT2D eigenvalue weighted by molar-refractivity contribution is 5.75. The average molecular weight is 569 g/mol. The first-order chi connectivity index (χ1) is 18.3. The summed E-state index contributed by atoms with van der Waals surface area (Å²) in [5.74, 6) is -1.84. The van der Waals surface area contributed by atoms with Crippen molar-refractivity contribution in [3.05, 3.63) is 54.3 Å². The van der Waals surface area contributed by atoms with Crippen molar-refractivity contribution in [2.24, 2.45) is 5.41 Å². The quantitative estimate of drug-likeness (QED) is 0.123. The Morgan fingerprint density at radius 1 is 0.821 bits per heavy atom. The smallest absolute Gasteiger partial charge is 0.344 e. The van der Waals surface area contributed by atoms with E-state index in [1.54, 1.807) is 27.0 Å². The van der Waals surface area contributed by atoms with Crippen LogP contribution in [-0.2, 0) is 32.3 Å². The van der Waals surface area contributed by atoms with Crippen LogP contribution in [0.2, 0.25) is 0 Å². The lowest BCUT2D eigenvalue weighted by molar-refractivity contribution is -0.157. The van der Waals surface area contributed by atoms with E-state index >= 15 is 0 Å². The Labute approximate surface area is 218 Å². The van der Waals surface area contributed by atoms with Gasteiger partial charge >= 0.3 is 30.2 Å². The molecule has 216 valence electrons. The molecule has 0 saturated carbocycles. The Bertz CT molecular complexity index is 1120. The number of carbonyl (C=O) groups is 1. The van der Waals surface area contributed by atoms with E-state index in [2.05, 4.69) is 19.8 Å². The molecule has 2 aromatic rings. The third-order valence-electron chi connectivity index (χ3n) is 4.21. The van der Waals surface area contributed by atoms with Gasteiger partial charge in [-0.15, -0.1) is 5.10 Å². The van der Waals surface area contributed by atoms with Crippen molar-refractivity contribution in [3.63, 3.8) is 0 Å². The third kappa shape index (κ3) is 11.6. The van der Waals surface area contributed by atoms with E-state index in [9.17, 15) is 31.1 Å². The summed E-state index contributed by atoms with van der Waals surface area (Å²) in [5, 5.41) is 7.71. The number of aromatic nitrogens is 3. The fourth-order valence-electron chi connectivity index (χ4n) is 2.46. The van der Waals surface area contributed by atoms with Crippen molar-refractivity contribution in [2.45, 2.75) is 34.1 Å². The first-order valence-electron chi connectivity index (χ1n) is 11.1. The molecule has 16 heteroatoms. The molecule has 0 spiro atoms. The Balaban J connectivity index is 1.74. The Morgan fingerprint density at radius 2 is 1.36 bits per heavy atom. The van der Waals surface area contributed by atoms with Crippen molar-refractivity contribution in [2.75, 3.05) is 26.4 Å². The zero-order chi connectivity index (χ0) is 29.0. The monoisotopic (exact) mass is 569 g/mol. The van der Waals surface area contributed by atoms with Crippen molar-refractivity contribution < 1.29 is 59.6 Å². The number of carbonyl (C=O) groups excluding carboxylic acids is 1. The topological polar surface area (TPSA) is 103 Å². The Kier molecular flexibility index (Phi) is 12.1. The first-order valence-corrected chi connectivity index (χ1v) is 11.1. The van der Waals surface area contributed by atoms with E-state index in [0.29, 0.717) is 11.8 Å². The molecule has 2 rings (SSSR count). The lowest BCUT2D eigenvalue weighted by Crippen LogP contribution is -2.24. The molecular weight excluding hydrogens is 544 g/mol. The van der Waals surface area contributed by atoms with Gasteiger partial charge in [0, 0.05) is 18.2 Å². The van der Waals surface area contributed by atoms with Gasteiger partial charge in [-0.05, 0) is 20.8 Å². The molecule has 39 heavy (non-hydrogen) atoms. The van der Waals surface area contributed by atoms with E-state index < -0.39 is 41.1 Å². The third-order valence-corrected chi connectivity index (χ3v) is 4.21. The molecule has 1 aromatic carbocycles. The van der Waals surface area contributed by atoms with E-state index in [0.717, 1.165) is 12.1 Å². The minimum atomic E-state index is -2.77. The van der Waals surface area contributed by atoms with Crippen molar-refractivity contribution in [3.8, 4) is 17.2 Å². The molecule has 0 N–H and O–H groups in total. The number of rotatable bonds is 15. The largest absolute Gasteiger partial charge is 0.491 e. The second kappa shape index (κ2) is 15.0. The summed E-state index contributed by atoms with van der Waals surface area (Å²) < 4.78 is 106. The number of esters is 1. The predicted molar refractivity (Wildman–Crippen MR) is 120 cm³/mol. The molecule has 0 aliphatic heterocycles. The van der Waals surface area contributed by atoms with Crippen LogP contribution in [0.4, 0.5) is 26.3 Å². The highest BCUT2D eigenvalue weighted by Crippen LogP contribution is 2.31. The van der Waals surface area contributed by atoms with E-state index in [1.165, 1.54) is 4.68 Å². The van der Waals surface area contributed by atoms with Gasteiger partial charge < -0.3 is 28.4 Å². The molecule has 1 heterocycles. The number of ether oxygens (including phenoxy) is 6. The van der Waals surface area contributed by atoms with Crippen LogP contribution in [-0.4, -0.2) is 47.4 Å². The summed E-state index contributed by atoms with van der Waals surface area (Å²) in [6.07, 6.45) is -3.99. The van der Waals surface area contributed by atoms with Gasteiger partial charge in [-0.2, -0.15) is 26.3 Å². The van der Waals surface area contributed by atoms with Gasteiger partial charge in [-0.3, -0.25) is 4.79 Å². The summed E-state index contributed by atoms with van der Waals surface area (Å²) in [7, 11) is 0. The molecule has 0 saturated heterocycles. The maximum atomic E-state index is 13.1. The van der Waals surface area contributed by atoms with Gasteiger partial charge in [0.25, 0.3) is 0 Å². The minimum Gasteiger partial charge on any atom is -0.491 e. The molecule has 0 radical (unpaired) electrons. The van der Waals surface area contributed by atoms with Crippen molar-refractivity contribution in [1.29, 1.82) is 0 Å². The molecule has 0 bridgehead atoms. The van der Waals surface area contributed by atoms with Gasteiger partial charge in [0.2, 0.25) is 0 Å². The molecule has 0 unspecified atom stereocenters. The summed E-state index contributed by atoms with van der Waals surface area (Å²) in [6.45, 7) is 5.36. The fourth-order valence-corrected chi connectivity index (χ4v) is 2.46. The molecule has 10 nitrogen and oxygen atoms in total. The molecule has 0 atom stereocenters. The summed E-state index contributed by atoms with van der Waals surface area (Å²) in [5.41, 5.74) is -0.155. The number of benzene rings is 1. The van der Waals surface area contributed by atoms with Crippen LogP contribution in [0.5, 0.6) is 17.2 Å². The summed E-state index contributed by atoms with van der Waals surface area (Å²) >= 11 is 0. The van der Waals surface area contributed by atoms with Crippen LogP contribution in [0.25, 0.3) is 0 Å². The lowest BCUT2D eigenvalue weighted by atomic mass is 9.98. The summed E-state index contributed by atoms with van der Waals surface area (Å²) in [6, 6.07) is -1.91. The van der Waals surface area contributed by atoms with Crippen LogP contribution in [0.15, 0.2) is 48.6 Å². The molecular formula is C23H25F6N3O7. The SMILES string of the molecule is CC(C)(C)C(=O)OCn1cc(COCCOCCOc2cc(OC(F)=C(F)F)cc(OC(F)=C(F)F)c2)nn1. The number of halogens is 6. The zero-order valence-corrected chi connectivity index (χ0v) is 21.0. The lowest BCUT2D eigenvalue weighted by Gasteiger charge is -2.15. The second-order valence-corrected chi connectivity index (χ2v) is 8.49. The normalized spacial score (nSPS) is 11.1.